The zero-order valence-electron chi connectivity index (χ0n) is 15.1. The Morgan fingerprint density at radius 3 is 2.38 bits per heavy atom. The number of rotatable bonds is 8. The van der Waals surface area contributed by atoms with Crippen LogP contribution in [-0.4, -0.2) is 56.7 Å². The summed E-state index contributed by atoms with van der Waals surface area (Å²) >= 11 is 0. The van der Waals surface area contributed by atoms with Crippen LogP contribution in [0.25, 0.3) is 0 Å². The van der Waals surface area contributed by atoms with Crippen molar-refractivity contribution in [2.45, 2.75) is 20.0 Å². The molecule has 0 radical (unpaired) electrons. The number of hydrogen-bond donors (Lipinski definition) is 1. The first-order valence-corrected chi connectivity index (χ1v) is 7.94. The van der Waals surface area contributed by atoms with Crippen LogP contribution in [0.2, 0.25) is 0 Å². The molecule has 0 aliphatic carbocycles. The molecule has 0 spiro atoms. The lowest BCUT2D eigenvalue weighted by atomic mass is 10.1. The highest BCUT2D eigenvalue weighted by Crippen LogP contribution is 2.29. The molecule has 0 aliphatic rings. The van der Waals surface area contributed by atoms with E-state index in [0.717, 1.165) is 4.90 Å². The van der Waals surface area contributed by atoms with Crippen molar-refractivity contribution in [1.29, 1.82) is 0 Å². The van der Waals surface area contributed by atoms with Gasteiger partial charge in [-0.1, -0.05) is 13.8 Å². The van der Waals surface area contributed by atoms with Crippen LogP contribution in [-0.2, 0) is 4.79 Å². The number of carbonyl (C=O) groups excluding carboxylic acids is 2. The van der Waals surface area contributed by atoms with Gasteiger partial charge in [0, 0.05) is 19.2 Å². The Kier molecular flexibility index (Phi) is 7.73. The molecule has 0 heterocycles. The number of alkyl halides is 3. The van der Waals surface area contributed by atoms with Gasteiger partial charge in [0.15, 0.2) is 18.1 Å². The highest BCUT2D eigenvalue weighted by molar-refractivity contribution is 5.95. The van der Waals surface area contributed by atoms with Crippen LogP contribution in [0.1, 0.15) is 24.2 Å². The molecule has 6 nitrogen and oxygen atoms in total. The quantitative estimate of drug-likeness (QED) is 0.757. The number of likely N-dealkylation sites (N-methyl/N-ethyl adjacent to an activating group) is 1. The fraction of sp³-hybridized carbons (Fsp3) is 0.529. The summed E-state index contributed by atoms with van der Waals surface area (Å²) in [5.74, 6) is -0.888. The van der Waals surface area contributed by atoms with Gasteiger partial charge in [0.1, 0.15) is 6.54 Å². The van der Waals surface area contributed by atoms with Crippen LogP contribution in [0, 0.1) is 5.92 Å². The fourth-order valence-corrected chi connectivity index (χ4v) is 2.19. The van der Waals surface area contributed by atoms with E-state index in [2.05, 4.69) is 5.32 Å². The predicted molar refractivity (Wildman–Crippen MR) is 89.4 cm³/mol. The summed E-state index contributed by atoms with van der Waals surface area (Å²) in [5, 5.41) is 2.39. The lowest BCUT2D eigenvalue weighted by molar-refractivity contribution is -0.141. The van der Waals surface area contributed by atoms with Crippen molar-refractivity contribution < 1.29 is 32.2 Å². The van der Waals surface area contributed by atoms with Gasteiger partial charge >= 0.3 is 6.18 Å². The Labute approximate surface area is 150 Å². The second-order valence-electron chi connectivity index (χ2n) is 6.02. The van der Waals surface area contributed by atoms with Gasteiger partial charge in [-0.05, 0) is 24.1 Å². The maximum atomic E-state index is 12.8. The van der Waals surface area contributed by atoms with Crippen molar-refractivity contribution in [2.75, 3.05) is 33.9 Å². The van der Waals surface area contributed by atoms with E-state index in [4.69, 9.17) is 9.47 Å². The summed E-state index contributed by atoms with van der Waals surface area (Å²) < 4.78 is 48.7. The summed E-state index contributed by atoms with van der Waals surface area (Å²) in [7, 11) is 2.78. The van der Waals surface area contributed by atoms with E-state index < -0.39 is 18.6 Å². The molecule has 0 bridgehead atoms. The first-order chi connectivity index (χ1) is 12.1. The molecular weight excluding hydrogens is 353 g/mol. The number of nitrogens with zero attached hydrogens (tertiary/aromatic N) is 1. The lowest BCUT2D eigenvalue weighted by Crippen LogP contribution is -2.41. The van der Waals surface area contributed by atoms with Crippen molar-refractivity contribution in [3.8, 4) is 11.5 Å². The van der Waals surface area contributed by atoms with Gasteiger partial charge < -0.3 is 19.7 Å². The van der Waals surface area contributed by atoms with E-state index in [0.29, 0.717) is 0 Å². The van der Waals surface area contributed by atoms with E-state index in [1.807, 2.05) is 0 Å². The molecule has 1 rings (SSSR count). The van der Waals surface area contributed by atoms with Crippen LogP contribution in [0.5, 0.6) is 11.5 Å². The second-order valence-corrected chi connectivity index (χ2v) is 6.02. The van der Waals surface area contributed by atoms with Gasteiger partial charge in [0.2, 0.25) is 0 Å². The maximum Gasteiger partial charge on any atom is 0.406 e. The van der Waals surface area contributed by atoms with Crippen LogP contribution in [0.3, 0.4) is 0 Å². The average Bonchev–Trinajstić information content (AvgIpc) is 2.56. The number of hydrogen-bond acceptors (Lipinski definition) is 4. The molecule has 1 aromatic carbocycles. The number of nitrogens with one attached hydrogen (secondary N) is 1. The molecule has 9 heteroatoms. The molecule has 0 aliphatic heterocycles. The van der Waals surface area contributed by atoms with Gasteiger partial charge in [-0.3, -0.25) is 9.59 Å². The summed E-state index contributed by atoms with van der Waals surface area (Å²) in [4.78, 5) is 24.5. The van der Waals surface area contributed by atoms with E-state index in [1.54, 1.807) is 13.8 Å². The van der Waals surface area contributed by atoms with Crippen LogP contribution in [0.4, 0.5) is 13.2 Å². The summed E-state index contributed by atoms with van der Waals surface area (Å²) in [6.45, 7) is 1.84. The Morgan fingerprint density at radius 1 is 1.23 bits per heavy atom. The molecule has 0 fully saturated rings. The summed E-state index contributed by atoms with van der Waals surface area (Å²) in [6, 6.07) is 4.02. The minimum atomic E-state index is -4.49. The van der Waals surface area contributed by atoms with Crippen molar-refractivity contribution in [1.82, 2.24) is 10.2 Å². The summed E-state index contributed by atoms with van der Waals surface area (Å²) in [6.07, 6.45) is -4.49. The SMILES string of the molecule is CNC(=O)COc1ccc(C(=O)N(CC(C)C)CC(F)(F)F)cc1OC. The van der Waals surface area contributed by atoms with Gasteiger partial charge in [0.25, 0.3) is 11.8 Å². The summed E-state index contributed by atoms with van der Waals surface area (Å²) in [5.41, 5.74) is 0.0408. The third kappa shape index (κ3) is 6.81. The lowest BCUT2D eigenvalue weighted by Gasteiger charge is -2.26. The number of amides is 2. The Hall–Kier alpha value is -2.45. The number of carbonyl (C=O) groups is 2. The maximum absolute atomic E-state index is 12.8. The largest absolute Gasteiger partial charge is 0.493 e. The molecule has 1 N–H and O–H groups in total. The molecule has 0 saturated heterocycles. The molecule has 0 atom stereocenters. The zero-order valence-corrected chi connectivity index (χ0v) is 15.1. The third-order valence-corrected chi connectivity index (χ3v) is 3.29. The first kappa shape index (κ1) is 21.6. The van der Waals surface area contributed by atoms with Gasteiger partial charge in [-0.15, -0.1) is 0 Å². The average molecular weight is 376 g/mol. The van der Waals surface area contributed by atoms with Crippen molar-refractivity contribution in [2.24, 2.45) is 5.92 Å². The number of methoxy groups -OCH3 is 1. The van der Waals surface area contributed by atoms with Gasteiger partial charge in [-0.2, -0.15) is 13.2 Å². The minimum Gasteiger partial charge on any atom is -0.493 e. The van der Waals surface area contributed by atoms with E-state index in [1.165, 1.54) is 32.4 Å². The number of ether oxygens (including phenoxy) is 2. The molecule has 0 saturated carbocycles. The molecule has 1 aromatic rings. The smallest absolute Gasteiger partial charge is 0.406 e. The number of benzene rings is 1. The minimum absolute atomic E-state index is 0.0322. The van der Waals surface area contributed by atoms with Gasteiger partial charge in [0.05, 0.1) is 7.11 Å². The van der Waals surface area contributed by atoms with Crippen molar-refractivity contribution in [3.05, 3.63) is 23.8 Å². The topological polar surface area (TPSA) is 67.9 Å². The molecule has 0 aromatic heterocycles. The van der Waals surface area contributed by atoms with E-state index in [-0.39, 0.29) is 42.0 Å². The standard InChI is InChI=1S/C17H23F3N2O4/c1-11(2)8-22(10-17(18,19)20)16(24)12-5-6-13(14(7-12)25-4)26-9-15(23)21-3/h5-7,11H,8-10H2,1-4H3,(H,21,23). The molecular formula is C17H23F3N2O4. The highest BCUT2D eigenvalue weighted by atomic mass is 19.4. The molecule has 146 valence electrons. The third-order valence-electron chi connectivity index (χ3n) is 3.29. The molecule has 26 heavy (non-hydrogen) atoms. The van der Waals surface area contributed by atoms with Crippen molar-refractivity contribution in [3.63, 3.8) is 0 Å². The number of halogens is 3. The highest BCUT2D eigenvalue weighted by Gasteiger charge is 2.33. The Balaban J connectivity index is 3.03. The normalized spacial score (nSPS) is 11.2. The van der Waals surface area contributed by atoms with E-state index >= 15 is 0 Å². The van der Waals surface area contributed by atoms with Crippen molar-refractivity contribution >= 4 is 11.8 Å². The monoisotopic (exact) mass is 376 g/mol. The zero-order chi connectivity index (χ0) is 19.9. The predicted octanol–water partition coefficient (Wildman–Crippen LogP) is 2.48. The Morgan fingerprint density at radius 2 is 1.88 bits per heavy atom. The first-order valence-electron chi connectivity index (χ1n) is 7.94. The second kappa shape index (κ2) is 9.30. The molecule has 0 unspecified atom stereocenters. The fourth-order valence-electron chi connectivity index (χ4n) is 2.19. The van der Waals surface area contributed by atoms with E-state index in [9.17, 15) is 22.8 Å². The van der Waals surface area contributed by atoms with Crippen LogP contribution in [0.15, 0.2) is 18.2 Å². The van der Waals surface area contributed by atoms with Crippen LogP contribution >= 0.6 is 0 Å². The Bertz CT molecular complexity index is 633. The van der Waals surface area contributed by atoms with Gasteiger partial charge in [-0.25, -0.2) is 0 Å². The van der Waals surface area contributed by atoms with Crippen LogP contribution < -0.4 is 14.8 Å². The molecule has 2 amide bonds.